The Balaban J connectivity index is 0.000000216. The number of nitrogens with one attached hydrogen (secondary N) is 1. The average Bonchev–Trinajstić information content (AvgIpc) is 3.46. The van der Waals surface area contributed by atoms with Crippen molar-refractivity contribution in [3.05, 3.63) is 208 Å². The van der Waals surface area contributed by atoms with Gasteiger partial charge in [0.15, 0.2) is 11.4 Å². The van der Waals surface area contributed by atoms with Crippen molar-refractivity contribution in [1.29, 1.82) is 5.26 Å². The zero-order chi connectivity index (χ0) is 55.5. The lowest BCUT2D eigenvalue weighted by Gasteiger charge is -2.13. The molecule has 18 heteroatoms. The number of carbonyl (C=O) groups excluding carboxylic acids is 3. The van der Waals surface area contributed by atoms with Crippen LogP contribution in [-0.2, 0) is 51.5 Å². The Kier molecular flexibility index (Phi) is 22.7. The van der Waals surface area contributed by atoms with Crippen molar-refractivity contribution >= 4 is 34.8 Å². The van der Waals surface area contributed by atoms with Gasteiger partial charge < -0.3 is 48.2 Å². The molecule has 77 heavy (non-hydrogen) atoms. The molecule has 7 aromatic rings. The Morgan fingerprint density at radius 1 is 0.571 bits per heavy atom. The first-order chi connectivity index (χ1) is 37.4. The van der Waals surface area contributed by atoms with Crippen molar-refractivity contribution < 1.29 is 57.2 Å². The summed E-state index contributed by atoms with van der Waals surface area (Å²) >= 11 is 0. The predicted octanol–water partition coefficient (Wildman–Crippen LogP) is 10.2. The average molecular weight is 1040 g/mol. The lowest BCUT2D eigenvalue weighted by Crippen LogP contribution is -2.29. The number of hydrogen-bond acceptors (Lipinski definition) is 17. The molecule has 0 radical (unpaired) electrons. The summed E-state index contributed by atoms with van der Waals surface area (Å²) < 4.78 is 38.0. The summed E-state index contributed by atoms with van der Waals surface area (Å²) in [6.07, 6.45) is 2.55. The van der Waals surface area contributed by atoms with Crippen LogP contribution in [0, 0.1) is 32.1 Å². The molecule has 1 heterocycles. The number of ether oxygens (including phenoxy) is 7. The van der Waals surface area contributed by atoms with E-state index in [4.69, 9.17) is 42.8 Å². The lowest BCUT2D eigenvalue weighted by atomic mass is 10.0. The molecular formula is C59H58N6O12. The van der Waals surface area contributed by atoms with Gasteiger partial charge in [-0.1, -0.05) is 120 Å². The first-order valence-electron chi connectivity index (χ1n) is 23.5. The molecule has 0 aliphatic heterocycles. The van der Waals surface area contributed by atoms with Gasteiger partial charge in [0.05, 0.1) is 39.2 Å². The number of benzene rings is 6. The quantitative estimate of drug-likeness (QED) is 0.0262. The fraction of sp³-hybridized carbons (Fsp3) is 0.186. The van der Waals surface area contributed by atoms with Crippen LogP contribution in [0.2, 0.25) is 0 Å². The number of carbonyl (C=O) groups is 3. The maximum absolute atomic E-state index is 12.1. The molecular weight excluding hydrogens is 985 g/mol. The smallest absolute Gasteiger partial charge is 0.360 e. The number of aromatic nitrogens is 2. The van der Waals surface area contributed by atoms with Crippen LogP contribution in [0.25, 0.3) is 5.57 Å². The van der Waals surface area contributed by atoms with Gasteiger partial charge in [0.1, 0.15) is 68.4 Å². The van der Waals surface area contributed by atoms with Gasteiger partial charge in [-0.3, -0.25) is 4.79 Å². The van der Waals surface area contributed by atoms with E-state index in [0.29, 0.717) is 47.0 Å². The van der Waals surface area contributed by atoms with Gasteiger partial charge in [-0.25, -0.2) is 19.6 Å². The van der Waals surface area contributed by atoms with Crippen LogP contribution in [0.1, 0.15) is 50.1 Å². The van der Waals surface area contributed by atoms with E-state index in [1.54, 1.807) is 61.6 Å². The number of amides is 1. The van der Waals surface area contributed by atoms with Crippen molar-refractivity contribution in [3.8, 4) is 40.8 Å². The summed E-state index contributed by atoms with van der Waals surface area (Å²) in [5.74, 6) is 1.28. The molecule has 18 nitrogen and oxygen atoms in total. The molecule has 7 rings (SSSR count). The highest BCUT2D eigenvalue weighted by Gasteiger charge is 2.21. The fourth-order valence-electron chi connectivity index (χ4n) is 6.99. The van der Waals surface area contributed by atoms with Crippen LogP contribution in [0.4, 0.5) is 0 Å². The van der Waals surface area contributed by atoms with E-state index in [-0.39, 0.29) is 34.7 Å². The highest BCUT2D eigenvalue weighted by Crippen LogP contribution is 2.32. The Morgan fingerprint density at radius 3 is 1.66 bits per heavy atom. The minimum Gasteiger partial charge on any atom is -0.503 e. The van der Waals surface area contributed by atoms with E-state index in [2.05, 4.69) is 31.7 Å². The highest BCUT2D eigenvalue weighted by molar-refractivity contribution is 6.45. The number of rotatable bonds is 19. The number of likely N-dealkylation sites (N-methyl/N-ethyl adjacent to an activating group) is 1. The molecule has 396 valence electrons. The van der Waals surface area contributed by atoms with Gasteiger partial charge in [-0.05, 0) is 78.9 Å². The Labute approximate surface area is 447 Å². The van der Waals surface area contributed by atoms with Crippen molar-refractivity contribution in [3.63, 3.8) is 0 Å². The van der Waals surface area contributed by atoms with Gasteiger partial charge in [0.2, 0.25) is 11.8 Å². The molecule has 0 aliphatic rings. The second-order valence-corrected chi connectivity index (χ2v) is 16.0. The molecule has 0 aliphatic carbocycles. The van der Waals surface area contributed by atoms with E-state index in [1.165, 1.54) is 54.2 Å². The van der Waals surface area contributed by atoms with E-state index >= 15 is 0 Å². The van der Waals surface area contributed by atoms with Crippen molar-refractivity contribution in [2.75, 3.05) is 42.6 Å². The minimum absolute atomic E-state index is 0.110. The summed E-state index contributed by atoms with van der Waals surface area (Å²) in [5.41, 5.74) is 7.57. The van der Waals surface area contributed by atoms with Crippen molar-refractivity contribution in [2.45, 2.75) is 34.0 Å². The molecule has 0 saturated carbocycles. The lowest BCUT2D eigenvalue weighted by molar-refractivity contribution is -0.134. The van der Waals surface area contributed by atoms with Crippen LogP contribution < -0.4 is 24.3 Å². The van der Waals surface area contributed by atoms with Crippen molar-refractivity contribution in [2.24, 2.45) is 10.3 Å². The third-order valence-electron chi connectivity index (χ3n) is 10.8. The third kappa shape index (κ3) is 16.8. The molecule has 1 amide bonds. The monoisotopic (exact) mass is 1040 g/mol. The summed E-state index contributed by atoms with van der Waals surface area (Å²) in [4.78, 5) is 53.8. The summed E-state index contributed by atoms with van der Waals surface area (Å²) in [6.45, 7) is 6.65. The first kappa shape index (κ1) is 57.9. The topological polar surface area (TPSA) is 221 Å². The van der Waals surface area contributed by atoms with Crippen LogP contribution in [0.15, 0.2) is 168 Å². The standard InChI is InChI=1S/C22H17N3O5.C19H22N2O3.C18H19NO4/c1-27-13-17(22(26)28-2)16-8-4-6-10-19(16)30-21-11-20(24-14-25-21)29-18-9-5-3-7-15(18)12-23;1-13-9-10-14(2)17(11-13)24-12-15-7-5-6-8-16(15)18(21-23-4)19(22)20-3;1-13-8-4-7-11-16(13)23-12-14-9-5-6-10-15(14)17(19-22-3)18(20)21-2/h3-11,13-14H,1-2H3;5-11H,12H2,1-4H3,(H,20,22);4-11H,12H2,1-3H3/b17-13-;21-18-;19-17-. The summed E-state index contributed by atoms with van der Waals surface area (Å²) in [7, 11) is 8.37. The van der Waals surface area contributed by atoms with Gasteiger partial charge in [-0.15, -0.1) is 0 Å². The van der Waals surface area contributed by atoms with Crippen molar-refractivity contribution in [1.82, 2.24) is 15.3 Å². The Bertz CT molecular complexity index is 3260. The molecule has 0 fully saturated rings. The minimum atomic E-state index is -0.576. The molecule has 0 saturated heterocycles. The first-order valence-corrected chi connectivity index (χ1v) is 23.5. The maximum Gasteiger partial charge on any atom is 0.360 e. The number of para-hydroxylation sites is 3. The van der Waals surface area contributed by atoms with Gasteiger partial charge in [0, 0.05) is 23.7 Å². The fourth-order valence-corrected chi connectivity index (χ4v) is 6.99. The number of nitriles is 1. The SMILES string of the molecule is CNC(=O)/C(=N\OC)c1ccccc1COc1cc(C)ccc1C.CO/C=C(\C(=O)OC)c1ccccc1Oc1cc(Oc2ccccc2C#N)ncn1.CO/N=C(\C(=O)OC)c1ccccc1COc1ccccc1C. The number of nitrogens with zero attached hydrogens (tertiary/aromatic N) is 5. The second kappa shape index (κ2) is 30.2. The van der Waals surface area contributed by atoms with Gasteiger partial charge >= 0.3 is 11.9 Å². The van der Waals surface area contributed by atoms with E-state index in [1.807, 2.05) is 106 Å². The van der Waals surface area contributed by atoms with E-state index < -0.39 is 11.9 Å². The van der Waals surface area contributed by atoms with Gasteiger partial charge in [-0.2, -0.15) is 5.26 Å². The number of methoxy groups -OCH3 is 3. The third-order valence-corrected chi connectivity index (χ3v) is 10.8. The number of aryl methyl sites for hydroxylation is 3. The molecule has 6 aromatic carbocycles. The number of hydrogen-bond donors (Lipinski definition) is 1. The molecule has 0 unspecified atom stereocenters. The number of esters is 2. The normalized spacial score (nSPS) is 10.9. The summed E-state index contributed by atoms with van der Waals surface area (Å²) in [6, 6.07) is 45.9. The van der Waals surface area contributed by atoms with Crippen LogP contribution in [0.5, 0.6) is 34.8 Å². The van der Waals surface area contributed by atoms with E-state index in [0.717, 1.165) is 39.3 Å². The number of oxime groups is 2. The van der Waals surface area contributed by atoms with E-state index in [9.17, 15) is 19.6 Å². The van der Waals surface area contributed by atoms with Crippen LogP contribution >= 0.6 is 0 Å². The molecule has 1 aromatic heterocycles. The largest absolute Gasteiger partial charge is 0.503 e. The predicted molar refractivity (Wildman–Crippen MR) is 289 cm³/mol. The second-order valence-electron chi connectivity index (χ2n) is 16.0. The van der Waals surface area contributed by atoms with Gasteiger partial charge in [0.25, 0.3) is 5.91 Å². The zero-order valence-corrected chi connectivity index (χ0v) is 44.1. The maximum atomic E-state index is 12.1. The molecule has 0 atom stereocenters. The van der Waals surface area contributed by atoms with Crippen LogP contribution in [0.3, 0.4) is 0 Å². The Hall–Kier alpha value is -10.0. The Morgan fingerprint density at radius 2 is 1.08 bits per heavy atom. The van der Waals surface area contributed by atoms with Crippen LogP contribution in [-0.4, -0.2) is 81.8 Å². The molecule has 0 bridgehead atoms. The molecule has 1 N–H and O–H groups in total. The summed E-state index contributed by atoms with van der Waals surface area (Å²) in [5, 5.41) is 19.4. The molecule has 0 spiro atoms. The zero-order valence-electron chi connectivity index (χ0n) is 44.1. The highest BCUT2D eigenvalue weighted by atomic mass is 16.6.